The summed E-state index contributed by atoms with van der Waals surface area (Å²) in [5.74, 6) is 0.553. The van der Waals surface area contributed by atoms with Crippen LogP contribution in [0.25, 0.3) is 68.6 Å². The number of nitrogens with zero attached hydrogens (tertiary/aromatic N) is 15. The number of aromatic nitrogens is 8. The zero-order valence-electron chi connectivity index (χ0n) is 49.5. The molecule has 4 heterocycles. The predicted octanol–water partition coefficient (Wildman–Crippen LogP) is 15.7. The molecule has 0 fully saturated rings. The minimum Gasteiger partial charge on any atom is -0.394 e. The van der Waals surface area contributed by atoms with Gasteiger partial charge in [-0.2, -0.15) is 52.0 Å². The third kappa shape index (κ3) is 16.6. The molecule has 24 heteroatoms. The molecule has 19 nitrogen and oxygen atoms in total. The fourth-order valence-electron chi connectivity index (χ4n) is 8.88. The molecular formula is C71H47Cl5N18O. The lowest BCUT2D eigenvalue weighted by Gasteiger charge is -2.03. The number of allylic oxidation sites excluding steroid dienone is 3. The maximum absolute atomic E-state index is 9.61. The van der Waals surface area contributed by atoms with Crippen LogP contribution in [0.15, 0.2) is 194 Å². The predicted molar refractivity (Wildman–Crippen MR) is 373 cm³/mol. The molecule has 0 radical (unpaired) electrons. The zero-order chi connectivity index (χ0) is 68.0. The van der Waals surface area contributed by atoms with Crippen molar-refractivity contribution in [2.45, 2.75) is 6.54 Å². The summed E-state index contributed by atoms with van der Waals surface area (Å²) < 4.78 is 5.92. The lowest BCUT2D eigenvalue weighted by molar-refractivity contribution is 0.269. The Balaban J connectivity index is 0.000000163. The smallest absolute Gasteiger partial charge is 0.214 e. The van der Waals surface area contributed by atoms with E-state index in [0.29, 0.717) is 76.7 Å². The number of rotatable bonds is 13. The molecule has 0 unspecified atom stereocenters. The lowest BCUT2D eigenvalue weighted by Crippen LogP contribution is -2.02. The highest BCUT2D eigenvalue weighted by atomic mass is 35.5. The van der Waals surface area contributed by atoms with Crippen LogP contribution in [0.4, 0.5) is 17.5 Å². The first-order valence-electron chi connectivity index (χ1n) is 27.9. The van der Waals surface area contributed by atoms with Crippen molar-refractivity contribution in [3.63, 3.8) is 0 Å². The van der Waals surface area contributed by atoms with E-state index in [2.05, 4.69) is 43.4 Å². The summed E-state index contributed by atoms with van der Waals surface area (Å²) in [6.45, 7) is 7.65. The largest absolute Gasteiger partial charge is 0.394 e. The molecule has 0 bridgehead atoms. The zero-order valence-corrected chi connectivity index (χ0v) is 53.3. The molecule has 0 aliphatic carbocycles. The van der Waals surface area contributed by atoms with Crippen LogP contribution in [0.2, 0.25) is 25.1 Å². The maximum atomic E-state index is 9.61. The average Bonchev–Trinajstić information content (AvgIpc) is 1.68. The average molecular weight is 1350 g/mol. The monoisotopic (exact) mass is 1340 g/mol. The highest BCUT2D eigenvalue weighted by molar-refractivity contribution is 6.38. The van der Waals surface area contributed by atoms with Crippen LogP contribution >= 0.6 is 58.0 Å². The van der Waals surface area contributed by atoms with Gasteiger partial charge in [-0.25, -0.2) is 18.9 Å². The van der Waals surface area contributed by atoms with Gasteiger partial charge in [0.15, 0.2) is 0 Å². The van der Waals surface area contributed by atoms with Crippen molar-refractivity contribution >= 4 is 122 Å². The summed E-state index contributed by atoms with van der Waals surface area (Å²) in [4.78, 5) is 3.46. The summed E-state index contributed by atoms with van der Waals surface area (Å²) in [7, 11) is 0. The number of nitrogen functional groups attached to an aromatic ring is 3. The molecule has 11 rings (SSSR count). The first-order valence-corrected chi connectivity index (χ1v) is 29.8. The molecule has 0 aliphatic heterocycles. The maximum Gasteiger partial charge on any atom is 0.214 e. The minimum atomic E-state index is -0.00543. The highest BCUT2D eigenvalue weighted by Gasteiger charge is 2.23. The van der Waals surface area contributed by atoms with Crippen molar-refractivity contribution in [2.75, 3.05) is 23.8 Å². The second kappa shape index (κ2) is 33.1. The van der Waals surface area contributed by atoms with Gasteiger partial charge in [-0.3, -0.25) is 4.68 Å². The fraction of sp³-hybridized carbons (Fsp3) is 0.0282. The van der Waals surface area contributed by atoms with Gasteiger partial charge < -0.3 is 22.3 Å². The Morgan fingerprint density at radius 1 is 0.442 bits per heavy atom. The molecule has 462 valence electrons. The number of anilines is 3. The van der Waals surface area contributed by atoms with Crippen LogP contribution in [-0.4, -0.2) is 50.8 Å². The van der Waals surface area contributed by atoms with Crippen molar-refractivity contribution < 1.29 is 5.11 Å². The van der Waals surface area contributed by atoms with Crippen molar-refractivity contribution in [1.29, 1.82) is 31.6 Å². The molecule has 0 saturated carbocycles. The second-order valence-corrected chi connectivity index (χ2v) is 21.5. The minimum absolute atomic E-state index is 0.00543. The fourth-order valence-corrected chi connectivity index (χ4v) is 10.1. The van der Waals surface area contributed by atoms with Crippen LogP contribution in [-0.2, 0) is 6.54 Å². The van der Waals surface area contributed by atoms with Gasteiger partial charge in [-0.05, 0) is 108 Å². The summed E-state index contributed by atoms with van der Waals surface area (Å²) in [5.41, 5.74) is 25.6. The van der Waals surface area contributed by atoms with E-state index in [-0.39, 0.29) is 69.0 Å². The summed E-state index contributed by atoms with van der Waals surface area (Å²) >= 11 is 30.7. The number of hydrogen-bond acceptors (Lipinski definition) is 14. The molecule has 0 saturated heterocycles. The highest BCUT2D eigenvalue weighted by Crippen LogP contribution is 2.34. The van der Waals surface area contributed by atoms with Gasteiger partial charge in [-0.1, -0.05) is 173 Å². The molecule has 0 amide bonds. The third-order valence-corrected chi connectivity index (χ3v) is 15.1. The van der Waals surface area contributed by atoms with E-state index in [4.69, 9.17) is 86.9 Å². The van der Waals surface area contributed by atoms with E-state index >= 15 is 0 Å². The van der Waals surface area contributed by atoms with Gasteiger partial charge in [0.2, 0.25) is 5.70 Å². The number of benzene rings is 7. The molecule has 0 aliphatic rings. The number of hydrogen-bond donors (Lipinski definition) is 4. The van der Waals surface area contributed by atoms with Gasteiger partial charge in [-0.15, -0.1) is 0 Å². The van der Waals surface area contributed by atoms with Crippen LogP contribution in [0.1, 0.15) is 61.7 Å². The topological polar surface area (TPSA) is 317 Å². The molecule has 7 aromatic carbocycles. The summed E-state index contributed by atoms with van der Waals surface area (Å²) in [5, 5.41) is 85.6. The normalized spacial score (nSPS) is 11.0. The van der Waals surface area contributed by atoms with Gasteiger partial charge in [0, 0.05) is 42.4 Å². The van der Waals surface area contributed by atoms with Gasteiger partial charge in [0.25, 0.3) is 0 Å². The van der Waals surface area contributed by atoms with Crippen molar-refractivity contribution in [3.8, 4) is 53.5 Å². The Morgan fingerprint density at radius 3 is 1.18 bits per heavy atom. The lowest BCUT2D eigenvalue weighted by atomic mass is 10.1. The van der Waals surface area contributed by atoms with Crippen LogP contribution in [0.3, 0.4) is 0 Å². The van der Waals surface area contributed by atoms with E-state index in [1.165, 1.54) is 20.1 Å². The molecule has 0 spiro atoms. The Hall–Kier alpha value is -12.4. The SMILES string of the molecule is N#C/C(=C\c1c(Cl)cccc1Cl)c1nn(-c2ccccc2)c(N)c1C#N.N#C/C(=C\c1ccccc1)c1nn(-c2ccccc2)c(N)c1C#N.N#C/C(=C\c1ccccc1Cl)c1nn(-c2ccccc2)c(N)c1C#N.[C-]#[N+]C(=Cc1c(Cl)cccc1Cl)c1ccn(CCO)n1. The summed E-state index contributed by atoms with van der Waals surface area (Å²) in [6.07, 6.45) is 8.11. The van der Waals surface area contributed by atoms with Crippen LogP contribution < -0.4 is 17.2 Å². The summed E-state index contributed by atoms with van der Waals surface area (Å²) in [6, 6.07) is 68.3. The number of nitrogens with two attached hydrogens (primary N) is 3. The van der Waals surface area contributed by atoms with Crippen LogP contribution in [0, 0.1) is 74.6 Å². The van der Waals surface area contributed by atoms with Gasteiger partial charge in [0.1, 0.15) is 87.6 Å². The van der Waals surface area contributed by atoms with Crippen molar-refractivity contribution in [1.82, 2.24) is 39.1 Å². The van der Waals surface area contributed by atoms with Gasteiger partial charge in [0.05, 0.1) is 59.2 Å². The first-order chi connectivity index (χ1) is 46.1. The van der Waals surface area contributed by atoms with Crippen LogP contribution in [0.5, 0.6) is 0 Å². The number of para-hydroxylation sites is 3. The van der Waals surface area contributed by atoms with E-state index < -0.39 is 0 Å². The van der Waals surface area contributed by atoms with Crippen molar-refractivity contribution in [3.05, 3.63) is 293 Å². The number of halogens is 5. The first kappa shape index (κ1) is 68.5. The number of aliphatic hydroxyl groups is 1. The van der Waals surface area contributed by atoms with Crippen molar-refractivity contribution in [2.24, 2.45) is 0 Å². The molecule has 11 aromatic rings. The Kier molecular flexibility index (Phi) is 23.8. The molecule has 0 atom stereocenters. The van der Waals surface area contributed by atoms with E-state index in [0.717, 1.165) is 11.3 Å². The van der Waals surface area contributed by atoms with E-state index in [1.54, 1.807) is 102 Å². The molecule has 95 heavy (non-hydrogen) atoms. The Morgan fingerprint density at radius 2 is 0.800 bits per heavy atom. The Labute approximate surface area is 570 Å². The number of aliphatic hydroxyl groups excluding tert-OH is 1. The molecule has 4 aromatic heterocycles. The van der Waals surface area contributed by atoms with Gasteiger partial charge >= 0.3 is 0 Å². The Bertz CT molecular complexity index is 5000. The third-order valence-electron chi connectivity index (χ3n) is 13.5. The quantitative estimate of drug-likeness (QED) is 0.0616. The number of nitriles is 6. The van der Waals surface area contributed by atoms with E-state index in [9.17, 15) is 31.6 Å². The molecular weight excluding hydrogens is 1300 g/mol. The van der Waals surface area contributed by atoms with E-state index in [1.807, 2.05) is 133 Å². The second-order valence-electron chi connectivity index (χ2n) is 19.4. The molecule has 7 N–H and O–H groups in total. The standard InChI is InChI=1S/C19H11Cl2N5.C19H12ClN5.C19H13N5.C14H11Cl2N3O/c20-16-7-4-8-17(21)14(16)9-12(10-22)18-15(11-23)19(24)26(25-18)13-5-2-1-3-6-13;20-17-9-5-4-6-13(17)10-14(11-21)18-16(12-22)19(23)25(24-18)15-7-2-1-3-8-15;20-12-15(11-14-7-3-1-4-8-14)18-17(13-21)19(22)24(23-18)16-9-5-2-6-10-16;1-17-14(13-5-6-19(18-13)7-8-20)9-10-11(15)3-2-4-12(10)16/h1-9H,24H2;1-10H,23H2;1-11H,22H2;2-6,9,20H,7-8H2/b12-9+;14-10+;15-11+;.